The van der Waals surface area contributed by atoms with Crippen LogP contribution in [0, 0.1) is 11.3 Å². The Morgan fingerprint density at radius 1 is 1.15 bits per heavy atom. The van der Waals surface area contributed by atoms with Gasteiger partial charge in [0.25, 0.3) is 0 Å². The van der Waals surface area contributed by atoms with Crippen molar-refractivity contribution >= 4 is 23.7 Å². The molecule has 2 aromatic rings. The molecule has 8 heteroatoms. The zero-order chi connectivity index (χ0) is 27.9. The van der Waals surface area contributed by atoms with E-state index in [0.29, 0.717) is 25.1 Å². The van der Waals surface area contributed by atoms with Crippen LogP contribution in [0.5, 0.6) is 5.75 Å². The van der Waals surface area contributed by atoms with Gasteiger partial charge in [0.2, 0.25) is 0 Å². The smallest absolute Gasteiger partial charge is 0.330 e. The van der Waals surface area contributed by atoms with E-state index in [-0.39, 0.29) is 30.8 Å². The summed E-state index contributed by atoms with van der Waals surface area (Å²) in [6.07, 6.45) is 6.40. The van der Waals surface area contributed by atoms with Crippen molar-refractivity contribution in [3.8, 4) is 5.75 Å². The molecule has 4 heterocycles. The first-order chi connectivity index (χ1) is 19.4. The number of likely N-dealkylation sites (N-methyl/N-ethyl adjacent to an activating group) is 1. The summed E-state index contributed by atoms with van der Waals surface area (Å²) in [6, 6.07) is 15.7. The molecule has 0 aromatic heterocycles. The van der Waals surface area contributed by atoms with Gasteiger partial charge in [0, 0.05) is 37.7 Å². The number of rotatable bonds is 6. The molecule has 7 rings (SSSR count). The fraction of sp³-hybridized carbons (Fsp3) is 0.438. The Morgan fingerprint density at radius 2 is 1.95 bits per heavy atom. The van der Waals surface area contributed by atoms with Gasteiger partial charge in [0.15, 0.2) is 5.72 Å². The number of piperidine rings is 2. The molecule has 8 nitrogen and oxygen atoms in total. The Bertz CT molecular complexity index is 1450. The molecule has 0 N–H and O–H groups in total. The number of allylic oxidation sites excluding steroid dienone is 1. The minimum absolute atomic E-state index is 0.0785. The van der Waals surface area contributed by atoms with Crippen LogP contribution in [0.4, 0.5) is 5.69 Å². The second-order valence-electron chi connectivity index (χ2n) is 11.5. The molecule has 2 aromatic carbocycles. The van der Waals surface area contributed by atoms with Gasteiger partial charge in [-0.25, -0.2) is 4.79 Å². The maximum absolute atomic E-state index is 14.4. The van der Waals surface area contributed by atoms with Crippen molar-refractivity contribution in [1.29, 1.82) is 0 Å². The third-order valence-electron chi connectivity index (χ3n) is 10.4. The Kier molecular flexibility index (Phi) is 5.51. The summed E-state index contributed by atoms with van der Waals surface area (Å²) in [5.74, 6) is -0.344. The minimum atomic E-state index is -1.20. The molecule has 0 amide bonds. The van der Waals surface area contributed by atoms with E-state index in [9.17, 15) is 9.59 Å². The van der Waals surface area contributed by atoms with Crippen molar-refractivity contribution in [2.45, 2.75) is 43.2 Å². The second kappa shape index (κ2) is 8.69. The number of nitrogens with zero attached hydrogens (tertiary/aromatic N) is 2. The van der Waals surface area contributed by atoms with Crippen LogP contribution >= 0.6 is 0 Å². The summed E-state index contributed by atoms with van der Waals surface area (Å²) in [5, 5.41) is 0. The highest BCUT2D eigenvalue weighted by atomic mass is 16.6. The number of benzene rings is 2. The summed E-state index contributed by atoms with van der Waals surface area (Å²) in [4.78, 5) is 32.3. The molecule has 4 bridgehead atoms. The molecule has 208 valence electrons. The van der Waals surface area contributed by atoms with E-state index in [1.165, 1.54) is 13.2 Å². The predicted octanol–water partition coefficient (Wildman–Crippen LogP) is 3.91. The van der Waals surface area contributed by atoms with Crippen LogP contribution in [0.25, 0.3) is 6.08 Å². The van der Waals surface area contributed by atoms with Crippen molar-refractivity contribution in [3.05, 3.63) is 77.4 Å². The predicted molar refractivity (Wildman–Crippen MR) is 149 cm³/mol. The van der Waals surface area contributed by atoms with Gasteiger partial charge in [-0.2, -0.15) is 0 Å². The number of methoxy groups -OCH3 is 2. The Hall–Kier alpha value is -3.62. The number of hydrogen-bond donors (Lipinski definition) is 0. The van der Waals surface area contributed by atoms with Crippen molar-refractivity contribution in [3.63, 3.8) is 0 Å². The zero-order valence-corrected chi connectivity index (χ0v) is 23.3. The number of esters is 2. The largest absolute Gasteiger partial charge is 0.497 e. The molecule has 3 saturated heterocycles. The highest BCUT2D eigenvalue weighted by Crippen LogP contribution is 2.77. The first-order valence-corrected chi connectivity index (χ1v) is 13.9. The third-order valence-corrected chi connectivity index (χ3v) is 10.4. The minimum Gasteiger partial charge on any atom is -0.497 e. The highest BCUT2D eigenvalue weighted by Gasteiger charge is 2.88. The van der Waals surface area contributed by atoms with Crippen LogP contribution in [0.3, 0.4) is 0 Å². The Balaban J connectivity index is 1.41. The zero-order valence-electron chi connectivity index (χ0n) is 23.3. The monoisotopic (exact) mass is 542 g/mol. The molecular weight excluding hydrogens is 508 g/mol. The molecule has 40 heavy (non-hydrogen) atoms. The first-order valence-electron chi connectivity index (χ1n) is 13.9. The molecule has 0 unspecified atom stereocenters. The maximum atomic E-state index is 14.4. The van der Waals surface area contributed by atoms with Gasteiger partial charge in [-0.05, 0) is 48.7 Å². The Labute approximate surface area is 234 Å². The van der Waals surface area contributed by atoms with Gasteiger partial charge in [-0.3, -0.25) is 9.69 Å². The van der Waals surface area contributed by atoms with Gasteiger partial charge in [0.05, 0.1) is 25.7 Å². The standard InChI is InChI=1S/C32H34N2O6/c1-5-21-18-34-26-16-23(21)30(29(36)38-4,19-39-28(35)14-11-20-9-7-6-8-10-20)31-17-27(34)40-32(26,31)33(2)25-13-12-22(37-3)15-24(25)31/h5-15,23,26-27H,16-19H2,1-4H3/b14-11+,21-5-/t23-,26-,27-,30-,31-,32-/m0/s1. The van der Waals surface area contributed by atoms with Crippen molar-refractivity contribution < 1.29 is 28.5 Å². The van der Waals surface area contributed by atoms with Gasteiger partial charge in [-0.1, -0.05) is 42.0 Å². The summed E-state index contributed by atoms with van der Waals surface area (Å²) in [6.45, 7) is 2.61. The fourth-order valence-electron chi connectivity index (χ4n) is 8.87. The van der Waals surface area contributed by atoms with Crippen LogP contribution in [0.1, 0.15) is 30.9 Å². The third kappa shape index (κ3) is 2.83. The van der Waals surface area contributed by atoms with Gasteiger partial charge < -0.3 is 23.8 Å². The number of ether oxygens (including phenoxy) is 4. The summed E-state index contributed by atoms with van der Waals surface area (Å²) >= 11 is 0. The average Bonchev–Trinajstić information content (AvgIpc) is 3.60. The molecule has 4 aliphatic heterocycles. The van der Waals surface area contributed by atoms with E-state index in [1.54, 1.807) is 13.2 Å². The van der Waals surface area contributed by atoms with E-state index >= 15 is 0 Å². The van der Waals surface area contributed by atoms with E-state index in [0.717, 1.165) is 22.4 Å². The van der Waals surface area contributed by atoms with Gasteiger partial charge in [0.1, 0.15) is 24.0 Å². The van der Waals surface area contributed by atoms with Crippen LogP contribution in [0.2, 0.25) is 0 Å². The topological polar surface area (TPSA) is 77.5 Å². The van der Waals surface area contributed by atoms with Crippen molar-refractivity contribution in [2.24, 2.45) is 11.3 Å². The quantitative estimate of drug-likeness (QED) is 0.309. The lowest BCUT2D eigenvalue weighted by atomic mass is 9.42. The molecule has 0 radical (unpaired) electrons. The molecule has 5 aliphatic rings. The van der Waals surface area contributed by atoms with Crippen LogP contribution in [0.15, 0.2) is 66.3 Å². The highest BCUT2D eigenvalue weighted by molar-refractivity contribution is 5.89. The fourth-order valence-corrected chi connectivity index (χ4v) is 8.87. The van der Waals surface area contributed by atoms with Gasteiger partial charge in [-0.15, -0.1) is 0 Å². The van der Waals surface area contributed by atoms with Gasteiger partial charge >= 0.3 is 11.9 Å². The molecule has 1 aliphatic carbocycles. The molecule has 6 atom stereocenters. The van der Waals surface area contributed by atoms with E-state index in [4.69, 9.17) is 18.9 Å². The molecule has 4 fully saturated rings. The van der Waals surface area contributed by atoms with Crippen LogP contribution < -0.4 is 9.64 Å². The number of fused-ring (bicyclic) bond motifs is 4. The van der Waals surface area contributed by atoms with E-state index in [1.807, 2.05) is 55.5 Å². The van der Waals surface area contributed by atoms with E-state index < -0.39 is 22.5 Å². The summed E-state index contributed by atoms with van der Waals surface area (Å²) in [5.41, 5.74) is 1.21. The SMILES string of the molecule is C/C=C1/CN2[C@@H]3C[C@@]45c6cc(OC)ccc6N(C)[C@]4(O3)[C@@H]2C[C@@H]1[C@@]5(COC(=O)/C=C/c1ccccc1)C(=O)OC. The molecular formula is C32H34N2O6. The lowest BCUT2D eigenvalue weighted by Gasteiger charge is -2.65. The number of carbonyl (C=O) groups excluding carboxylic acids is 2. The Morgan fingerprint density at radius 3 is 2.67 bits per heavy atom. The second-order valence-corrected chi connectivity index (χ2v) is 11.5. The lowest BCUT2D eigenvalue weighted by molar-refractivity contribution is -0.198. The first kappa shape index (κ1) is 25.4. The number of anilines is 1. The van der Waals surface area contributed by atoms with E-state index in [2.05, 4.69) is 22.9 Å². The summed E-state index contributed by atoms with van der Waals surface area (Å²) in [7, 11) is 5.14. The number of hydrogen-bond acceptors (Lipinski definition) is 8. The lowest BCUT2D eigenvalue weighted by Crippen LogP contribution is -2.80. The van der Waals surface area contributed by atoms with Crippen molar-refractivity contribution in [1.82, 2.24) is 4.90 Å². The van der Waals surface area contributed by atoms with Crippen LogP contribution in [-0.2, 0) is 29.2 Å². The van der Waals surface area contributed by atoms with Crippen LogP contribution in [-0.4, -0.2) is 69.3 Å². The summed E-state index contributed by atoms with van der Waals surface area (Å²) < 4.78 is 24.4. The maximum Gasteiger partial charge on any atom is 0.330 e. The average molecular weight is 543 g/mol. The molecule has 1 spiro atoms. The number of carbonyl (C=O) groups is 2. The molecule has 1 saturated carbocycles. The van der Waals surface area contributed by atoms with Crippen molar-refractivity contribution in [2.75, 3.05) is 39.3 Å². The normalized spacial score (nSPS) is 35.8.